The molecule has 1 N–H and O–H groups in total. The number of anilines is 2. The van der Waals surface area contributed by atoms with Gasteiger partial charge >= 0.3 is 0 Å². The maximum Gasteiger partial charge on any atom is 0.225 e. The van der Waals surface area contributed by atoms with E-state index in [0.29, 0.717) is 5.92 Å². The maximum absolute atomic E-state index is 4.56. The summed E-state index contributed by atoms with van der Waals surface area (Å²) >= 11 is 0. The van der Waals surface area contributed by atoms with Crippen molar-refractivity contribution in [2.75, 3.05) is 30.4 Å². The van der Waals surface area contributed by atoms with Crippen LogP contribution in [0.25, 0.3) is 0 Å². The molecule has 2 aromatic heterocycles. The summed E-state index contributed by atoms with van der Waals surface area (Å²) in [6.07, 6.45) is 6.80. The van der Waals surface area contributed by atoms with Gasteiger partial charge in [0.1, 0.15) is 11.6 Å². The molecule has 0 bridgehead atoms. The van der Waals surface area contributed by atoms with Crippen molar-refractivity contribution >= 4 is 11.8 Å². The minimum Gasteiger partial charge on any atom is -0.373 e. The number of hydrogen-bond donors (Lipinski definition) is 1. The zero-order chi connectivity index (χ0) is 15.4. The topological polar surface area (TPSA) is 66.8 Å². The van der Waals surface area contributed by atoms with E-state index in [9.17, 15) is 0 Å². The molecule has 0 aromatic carbocycles. The van der Waals surface area contributed by atoms with Crippen molar-refractivity contribution in [1.82, 2.24) is 19.9 Å². The van der Waals surface area contributed by atoms with E-state index in [4.69, 9.17) is 0 Å². The van der Waals surface area contributed by atoms with E-state index in [1.807, 2.05) is 26.1 Å². The van der Waals surface area contributed by atoms with Crippen LogP contribution in [0, 0.1) is 12.8 Å². The molecule has 3 heterocycles. The molecule has 1 saturated heterocycles. The first-order valence-electron chi connectivity index (χ1n) is 7.79. The first kappa shape index (κ1) is 14.7. The highest BCUT2D eigenvalue weighted by molar-refractivity contribution is 5.35. The lowest BCUT2D eigenvalue weighted by atomic mass is 9.93. The molecular weight excluding hydrogens is 276 g/mol. The van der Waals surface area contributed by atoms with Gasteiger partial charge in [-0.15, -0.1) is 0 Å². The predicted octanol–water partition coefficient (Wildman–Crippen LogP) is 2.08. The number of piperidine rings is 1. The van der Waals surface area contributed by atoms with Gasteiger partial charge in [0.15, 0.2) is 0 Å². The molecular formula is C16H22N6. The van der Waals surface area contributed by atoms with Crippen LogP contribution < -0.4 is 10.2 Å². The van der Waals surface area contributed by atoms with Crippen molar-refractivity contribution in [1.29, 1.82) is 0 Å². The van der Waals surface area contributed by atoms with Gasteiger partial charge in [-0.05, 0) is 31.7 Å². The van der Waals surface area contributed by atoms with Crippen LogP contribution in [0.4, 0.5) is 11.8 Å². The lowest BCUT2D eigenvalue weighted by Gasteiger charge is -2.31. The van der Waals surface area contributed by atoms with Crippen molar-refractivity contribution in [3.8, 4) is 0 Å². The van der Waals surface area contributed by atoms with Gasteiger partial charge in [0.2, 0.25) is 5.95 Å². The Morgan fingerprint density at radius 1 is 1.18 bits per heavy atom. The van der Waals surface area contributed by atoms with E-state index < -0.39 is 0 Å². The summed E-state index contributed by atoms with van der Waals surface area (Å²) in [5, 5.41) is 3.10. The lowest BCUT2D eigenvalue weighted by Crippen LogP contribution is -2.35. The molecule has 1 fully saturated rings. The number of nitrogens with zero attached hydrogens (tertiary/aromatic N) is 5. The number of aromatic nitrogens is 4. The highest BCUT2D eigenvalue weighted by Gasteiger charge is 2.22. The van der Waals surface area contributed by atoms with Crippen LogP contribution in [0.15, 0.2) is 24.5 Å². The highest BCUT2D eigenvalue weighted by atomic mass is 15.2. The summed E-state index contributed by atoms with van der Waals surface area (Å²) in [6, 6.07) is 3.82. The minimum atomic E-state index is 0.631. The molecule has 0 aliphatic carbocycles. The Balaban J connectivity index is 1.59. The molecule has 6 heteroatoms. The molecule has 6 nitrogen and oxygen atoms in total. The Bertz CT molecular complexity index is 607. The average Bonchev–Trinajstić information content (AvgIpc) is 2.56. The molecule has 116 valence electrons. The van der Waals surface area contributed by atoms with Crippen molar-refractivity contribution in [2.24, 2.45) is 5.92 Å². The van der Waals surface area contributed by atoms with Gasteiger partial charge in [0, 0.05) is 50.7 Å². The zero-order valence-electron chi connectivity index (χ0n) is 13.2. The fraction of sp³-hybridized carbons (Fsp3) is 0.500. The molecule has 22 heavy (non-hydrogen) atoms. The first-order valence-corrected chi connectivity index (χ1v) is 7.79. The monoisotopic (exact) mass is 298 g/mol. The first-order chi connectivity index (χ1) is 10.7. The van der Waals surface area contributed by atoms with Gasteiger partial charge in [-0.25, -0.2) is 19.9 Å². The molecule has 0 radical (unpaired) electrons. The summed E-state index contributed by atoms with van der Waals surface area (Å²) in [4.78, 5) is 20.0. The number of rotatable bonds is 4. The third-order valence-corrected chi connectivity index (χ3v) is 4.08. The van der Waals surface area contributed by atoms with Crippen LogP contribution in [0.2, 0.25) is 0 Å². The fourth-order valence-corrected chi connectivity index (χ4v) is 2.90. The van der Waals surface area contributed by atoms with E-state index >= 15 is 0 Å². The lowest BCUT2D eigenvalue weighted by molar-refractivity contribution is 0.394. The second kappa shape index (κ2) is 6.68. The summed E-state index contributed by atoms with van der Waals surface area (Å²) in [5.41, 5.74) is 1.02. The van der Waals surface area contributed by atoms with Crippen LogP contribution in [0.1, 0.15) is 24.4 Å². The number of hydrogen-bond acceptors (Lipinski definition) is 6. The molecule has 2 aromatic rings. The Kier molecular flexibility index (Phi) is 4.46. The van der Waals surface area contributed by atoms with Crippen molar-refractivity contribution in [3.05, 3.63) is 36.0 Å². The molecule has 0 saturated carbocycles. The van der Waals surface area contributed by atoms with Crippen LogP contribution in [0.3, 0.4) is 0 Å². The minimum absolute atomic E-state index is 0.631. The van der Waals surface area contributed by atoms with Gasteiger partial charge in [0.25, 0.3) is 0 Å². The summed E-state index contributed by atoms with van der Waals surface area (Å²) in [6.45, 7) is 4.01. The van der Waals surface area contributed by atoms with Gasteiger partial charge in [0.05, 0.1) is 0 Å². The third kappa shape index (κ3) is 3.50. The summed E-state index contributed by atoms with van der Waals surface area (Å²) in [7, 11) is 1.89. The molecule has 0 amide bonds. The summed E-state index contributed by atoms with van der Waals surface area (Å²) in [5.74, 6) is 3.31. The quantitative estimate of drug-likeness (QED) is 0.932. The van der Waals surface area contributed by atoms with Gasteiger partial charge in [-0.2, -0.15) is 0 Å². The second-order valence-corrected chi connectivity index (χ2v) is 5.74. The van der Waals surface area contributed by atoms with E-state index in [1.165, 1.54) is 0 Å². The van der Waals surface area contributed by atoms with Gasteiger partial charge < -0.3 is 10.2 Å². The Morgan fingerprint density at radius 3 is 2.59 bits per heavy atom. The van der Waals surface area contributed by atoms with Crippen molar-refractivity contribution in [3.63, 3.8) is 0 Å². The zero-order valence-corrected chi connectivity index (χ0v) is 13.2. The summed E-state index contributed by atoms with van der Waals surface area (Å²) < 4.78 is 0. The van der Waals surface area contributed by atoms with Crippen LogP contribution in [0.5, 0.6) is 0 Å². The molecule has 1 aliphatic rings. The maximum atomic E-state index is 4.56. The predicted molar refractivity (Wildman–Crippen MR) is 87.0 cm³/mol. The number of nitrogens with one attached hydrogen (secondary N) is 1. The molecule has 0 atom stereocenters. The van der Waals surface area contributed by atoms with Crippen LogP contribution >= 0.6 is 0 Å². The molecule has 3 rings (SSSR count). The fourth-order valence-electron chi connectivity index (χ4n) is 2.90. The third-order valence-electron chi connectivity index (χ3n) is 4.08. The Hall–Kier alpha value is -2.24. The standard InChI is InChI=1S/C16H22N6/c1-12-10-14(17-2)21-15(20-12)11-13-4-8-22(9-5-13)16-18-6-3-7-19-16/h3,6-7,10,13H,4-5,8-9,11H2,1-2H3,(H,17,20,21). The smallest absolute Gasteiger partial charge is 0.225 e. The van der Waals surface area contributed by atoms with E-state index in [-0.39, 0.29) is 0 Å². The highest BCUT2D eigenvalue weighted by Crippen LogP contribution is 2.23. The average molecular weight is 298 g/mol. The normalized spacial score (nSPS) is 15.8. The van der Waals surface area contributed by atoms with E-state index in [0.717, 1.165) is 55.6 Å². The van der Waals surface area contributed by atoms with Crippen LogP contribution in [-0.2, 0) is 6.42 Å². The van der Waals surface area contributed by atoms with Crippen molar-refractivity contribution in [2.45, 2.75) is 26.2 Å². The molecule has 1 aliphatic heterocycles. The number of aryl methyl sites for hydroxylation is 1. The van der Waals surface area contributed by atoms with Gasteiger partial charge in [-0.1, -0.05) is 0 Å². The van der Waals surface area contributed by atoms with E-state index in [2.05, 4.69) is 30.2 Å². The molecule has 0 spiro atoms. The van der Waals surface area contributed by atoms with Crippen molar-refractivity contribution < 1.29 is 0 Å². The molecule has 0 unspecified atom stereocenters. The largest absolute Gasteiger partial charge is 0.373 e. The van der Waals surface area contributed by atoms with E-state index in [1.54, 1.807) is 12.4 Å². The van der Waals surface area contributed by atoms with Crippen LogP contribution in [-0.4, -0.2) is 40.1 Å². The second-order valence-electron chi connectivity index (χ2n) is 5.74. The Morgan fingerprint density at radius 2 is 1.91 bits per heavy atom. The SMILES string of the molecule is CNc1cc(C)nc(CC2CCN(c3ncccn3)CC2)n1. The van der Waals surface area contributed by atoms with Gasteiger partial charge in [-0.3, -0.25) is 0 Å². The Labute approximate surface area is 131 Å².